The molecule has 0 aliphatic carbocycles. The predicted molar refractivity (Wildman–Crippen MR) is 85.3 cm³/mol. The van der Waals surface area contributed by atoms with Crippen molar-refractivity contribution in [2.45, 2.75) is 0 Å². The Labute approximate surface area is 134 Å². The molecule has 2 amide bonds. The second kappa shape index (κ2) is 6.03. The topological polar surface area (TPSA) is 71.3 Å². The molecule has 1 heterocycles. The molecular formula is C16H11BrN2O3. The van der Waals surface area contributed by atoms with Gasteiger partial charge in [0.05, 0.1) is 5.56 Å². The number of benzene rings is 2. The Morgan fingerprint density at radius 3 is 2.36 bits per heavy atom. The number of carbonyl (C=O) groups is 2. The third kappa shape index (κ3) is 2.87. The highest BCUT2D eigenvalue weighted by Crippen LogP contribution is 2.18. The summed E-state index contributed by atoms with van der Waals surface area (Å²) in [5, 5.41) is 0.824. The first-order valence-corrected chi connectivity index (χ1v) is 7.28. The molecule has 0 fully saturated rings. The molecule has 110 valence electrons. The van der Waals surface area contributed by atoms with Gasteiger partial charge < -0.3 is 4.42 Å². The van der Waals surface area contributed by atoms with Gasteiger partial charge in [0.1, 0.15) is 5.58 Å². The Kier molecular flexibility index (Phi) is 3.93. The number of fused-ring (bicyclic) bond motifs is 1. The summed E-state index contributed by atoms with van der Waals surface area (Å²) >= 11 is 3.28. The maximum Gasteiger partial charge on any atom is 0.305 e. The predicted octanol–water partition coefficient (Wildman–Crippen LogP) is 3.27. The minimum Gasteiger partial charge on any atom is -0.451 e. The van der Waals surface area contributed by atoms with Crippen LogP contribution in [0.2, 0.25) is 0 Å². The van der Waals surface area contributed by atoms with Gasteiger partial charge in [-0.15, -0.1) is 0 Å². The van der Waals surface area contributed by atoms with Gasteiger partial charge in [-0.3, -0.25) is 20.4 Å². The number of hydrogen-bond donors (Lipinski definition) is 2. The van der Waals surface area contributed by atoms with E-state index in [0.29, 0.717) is 15.6 Å². The standard InChI is InChI=1S/C16H11BrN2O3/c17-12-7-3-2-6-11(12)15(20)18-19-16(21)14-9-10-5-1-4-8-13(10)22-14/h1-9H,(H,18,20)(H,19,21). The molecule has 0 atom stereocenters. The lowest BCUT2D eigenvalue weighted by atomic mass is 10.2. The number of halogens is 1. The number of amides is 2. The van der Waals surface area contributed by atoms with Crippen molar-refractivity contribution >= 4 is 38.7 Å². The minimum absolute atomic E-state index is 0.133. The van der Waals surface area contributed by atoms with Crippen molar-refractivity contribution in [3.63, 3.8) is 0 Å². The second-order valence-electron chi connectivity index (χ2n) is 4.54. The zero-order valence-corrected chi connectivity index (χ0v) is 12.9. The molecule has 6 heteroatoms. The van der Waals surface area contributed by atoms with Gasteiger partial charge in [-0.25, -0.2) is 0 Å². The lowest BCUT2D eigenvalue weighted by Gasteiger charge is -2.07. The van der Waals surface area contributed by atoms with Gasteiger partial charge in [0.15, 0.2) is 5.76 Å². The third-order valence-corrected chi connectivity index (χ3v) is 3.75. The van der Waals surface area contributed by atoms with E-state index < -0.39 is 11.8 Å². The lowest BCUT2D eigenvalue weighted by Crippen LogP contribution is -2.41. The molecular weight excluding hydrogens is 348 g/mol. The fraction of sp³-hybridized carbons (Fsp3) is 0. The smallest absolute Gasteiger partial charge is 0.305 e. The molecule has 3 aromatic rings. The molecule has 0 saturated carbocycles. The SMILES string of the molecule is O=C(NNC(=O)c1ccccc1Br)c1cc2ccccc2o1. The number of nitrogens with one attached hydrogen (secondary N) is 2. The van der Waals surface area contributed by atoms with Crippen molar-refractivity contribution < 1.29 is 14.0 Å². The van der Waals surface area contributed by atoms with Crippen LogP contribution in [0.4, 0.5) is 0 Å². The van der Waals surface area contributed by atoms with Crippen molar-refractivity contribution in [1.29, 1.82) is 0 Å². The number of furan rings is 1. The number of hydrogen-bond acceptors (Lipinski definition) is 3. The van der Waals surface area contributed by atoms with E-state index in [9.17, 15) is 9.59 Å². The first-order chi connectivity index (χ1) is 10.6. The second-order valence-corrected chi connectivity index (χ2v) is 5.39. The summed E-state index contributed by atoms with van der Waals surface area (Å²) in [5.41, 5.74) is 5.73. The van der Waals surface area contributed by atoms with E-state index in [2.05, 4.69) is 26.8 Å². The molecule has 0 saturated heterocycles. The van der Waals surface area contributed by atoms with Crippen molar-refractivity contribution in [3.05, 3.63) is 70.4 Å². The van der Waals surface area contributed by atoms with Crippen LogP contribution in [-0.2, 0) is 0 Å². The van der Waals surface area contributed by atoms with E-state index >= 15 is 0 Å². The van der Waals surface area contributed by atoms with Gasteiger partial charge in [-0.05, 0) is 40.2 Å². The molecule has 3 rings (SSSR count). The van der Waals surface area contributed by atoms with Crippen molar-refractivity contribution in [2.24, 2.45) is 0 Å². The first kappa shape index (κ1) is 14.3. The van der Waals surface area contributed by atoms with Crippen LogP contribution >= 0.6 is 15.9 Å². The molecule has 5 nitrogen and oxygen atoms in total. The van der Waals surface area contributed by atoms with Crippen molar-refractivity contribution in [3.8, 4) is 0 Å². The third-order valence-electron chi connectivity index (χ3n) is 3.06. The Morgan fingerprint density at radius 1 is 0.909 bits per heavy atom. The molecule has 0 radical (unpaired) electrons. The van der Waals surface area contributed by atoms with Gasteiger partial charge in [0.2, 0.25) is 0 Å². The Morgan fingerprint density at radius 2 is 1.59 bits per heavy atom. The average molecular weight is 359 g/mol. The highest BCUT2D eigenvalue weighted by Gasteiger charge is 2.14. The van der Waals surface area contributed by atoms with E-state index in [1.54, 1.807) is 36.4 Å². The molecule has 0 unspecified atom stereocenters. The first-order valence-electron chi connectivity index (χ1n) is 6.49. The summed E-state index contributed by atoms with van der Waals surface area (Å²) < 4.78 is 6.06. The molecule has 0 spiro atoms. The summed E-state index contributed by atoms with van der Waals surface area (Å²) in [6.07, 6.45) is 0. The van der Waals surface area contributed by atoms with Crippen LogP contribution in [0.15, 0.2) is 63.5 Å². The highest BCUT2D eigenvalue weighted by atomic mass is 79.9. The fourth-order valence-corrected chi connectivity index (χ4v) is 2.45. The molecule has 0 bridgehead atoms. The van der Waals surface area contributed by atoms with E-state index in [-0.39, 0.29) is 5.76 Å². The Hall–Kier alpha value is -2.60. The summed E-state index contributed by atoms with van der Waals surface area (Å²) in [6, 6.07) is 15.8. The normalized spacial score (nSPS) is 10.4. The van der Waals surface area contributed by atoms with Gasteiger partial charge in [0, 0.05) is 9.86 Å². The van der Waals surface area contributed by atoms with Gasteiger partial charge >= 0.3 is 5.91 Å². The van der Waals surface area contributed by atoms with Crippen molar-refractivity contribution in [2.75, 3.05) is 0 Å². The van der Waals surface area contributed by atoms with Gasteiger partial charge in [0.25, 0.3) is 5.91 Å². The molecule has 2 aromatic carbocycles. The Bertz CT molecular complexity index is 824. The van der Waals surface area contributed by atoms with Crippen LogP contribution in [0.5, 0.6) is 0 Å². The zero-order chi connectivity index (χ0) is 15.5. The molecule has 2 N–H and O–H groups in total. The van der Waals surface area contributed by atoms with Crippen LogP contribution < -0.4 is 10.9 Å². The highest BCUT2D eigenvalue weighted by molar-refractivity contribution is 9.10. The van der Waals surface area contributed by atoms with E-state index in [1.165, 1.54) is 0 Å². The minimum atomic E-state index is -0.517. The summed E-state index contributed by atoms with van der Waals surface area (Å²) in [5.74, 6) is -0.804. The largest absolute Gasteiger partial charge is 0.451 e. The maximum absolute atomic E-state index is 12.0. The summed E-state index contributed by atoms with van der Waals surface area (Å²) in [6.45, 7) is 0. The van der Waals surface area contributed by atoms with E-state index in [4.69, 9.17) is 4.42 Å². The quantitative estimate of drug-likeness (QED) is 0.690. The number of rotatable bonds is 2. The van der Waals surface area contributed by atoms with Crippen LogP contribution in [-0.4, -0.2) is 11.8 Å². The lowest BCUT2D eigenvalue weighted by molar-refractivity contribution is 0.0832. The Balaban J connectivity index is 1.69. The van der Waals surface area contributed by atoms with Gasteiger partial charge in [-0.1, -0.05) is 30.3 Å². The maximum atomic E-state index is 12.0. The summed E-state index contributed by atoms with van der Waals surface area (Å²) in [7, 11) is 0. The summed E-state index contributed by atoms with van der Waals surface area (Å²) in [4.78, 5) is 24.0. The zero-order valence-electron chi connectivity index (χ0n) is 11.3. The number of hydrazine groups is 1. The molecule has 0 aliphatic rings. The average Bonchev–Trinajstić information content (AvgIpc) is 2.97. The monoisotopic (exact) mass is 358 g/mol. The van der Waals surface area contributed by atoms with E-state index in [0.717, 1.165) is 5.39 Å². The fourth-order valence-electron chi connectivity index (χ4n) is 1.98. The van der Waals surface area contributed by atoms with Crippen LogP contribution in [0, 0.1) is 0 Å². The van der Waals surface area contributed by atoms with Crippen LogP contribution in [0.1, 0.15) is 20.9 Å². The molecule has 0 aliphatic heterocycles. The molecule has 1 aromatic heterocycles. The van der Waals surface area contributed by atoms with Gasteiger partial charge in [-0.2, -0.15) is 0 Å². The van der Waals surface area contributed by atoms with Crippen LogP contribution in [0.3, 0.4) is 0 Å². The number of carbonyl (C=O) groups excluding carboxylic acids is 2. The number of para-hydroxylation sites is 1. The van der Waals surface area contributed by atoms with Crippen LogP contribution in [0.25, 0.3) is 11.0 Å². The van der Waals surface area contributed by atoms with Crippen molar-refractivity contribution in [1.82, 2.24) is 10.9 Å². The molecule has 22 heavy (non-hydrogen) atoms. The van der Waals surface area contributed by atoms with E-state index in [1.807, 2.05) is 18.2 Å².